The first-order valence-electron chi connectivity index (χ1n) is 15.9. The van der Waals surface area contributed by atoms with Gasteiger partial charge in [0.25, 0.3) is 0 Å². The molecule has 0 aliphatic rings. The number of aliphatic imine (C=N–C) groups is 1. The molecule has 47 heavy (non-hydrogen) atoms. The smallest absolute Gasteiger partial charge is 0.136 e. The minimum atomic E-state index is 0.551. The van der Waals surface area contributed by atoms with Crippen LogP contribution in [0.3, 0.4) is 0 Å². The normalized spacial score (nSPS) is 12.4. The van der Waals surface area contributed by atoms with Gasteiger partial charge < -0.3 is 5.32 Å². The molecule has 0 bridgehead atoms. The molecular formula is C45H34N2. The van der Waals surface area contributed by atoms with Crippen molar-refractivity contribution < 1.29 is 0 Å². The lowest BCUT2D eigenvalue weighted by atomic mass is 9.85. The zero-order valence-electron chi connectivity index (χ0n) is 26.5. The van der Waals surface area contributed by atoms with E-state index in [1.165, 1.54) is 49.0 Å². The van der Waals surface area contributed by atoms with Gasteiger partial charge in [0.15, 0.2) is 0 Å². The van der Waals surface area contributed by atoms with Crippen molar-refractivity contribution >= 4 is 43.7 Å². The molecule has 0 aliphatic carbocycles. The topological polar surface area (TPSA) is 24.4 Å². The number of rotatable bonds is 7. The Bertz CT molecular complexity index is 2330. The van der Waals surface area contributed by atoms with Crippen molar-refractivity contribution in [1.29, 1.82) is 0 Å². The van der Waals surface area contributed by atoms with Crippen molar-refractivity contribution in [2.75, 3.05) is 5.32 Å². The Morgan fingerprint density at radius 2 is 1.15 bits per heavy atom. The first-order chi connectivity index (χ1) is 23.1. The lowest BCUT2D eigenvalue weighted by Gasteiger charge is -2.18. The van der Waals surface area contributed by atoms with E-state index in [1.54, 1.807) is 0 Å². The van der Waals surface area contributed by atoms with Gasteiger partial charge in [-0.05, 0) is 104 Å². The molecule has 0 unspecified atom stereocenters. The summed E-state index contributed by atoms with van der Waals surface area (Å²) >= 11 is 0. The average molecular weight is 603 g/mol. The Balaban J connectivity index is 1.32. The lowest BCUT2D eigenvalue weighted by Crippen LogP contribution is -2.02. The van der Waals surface area contributed by atoms with E-state index in [0.29, 0.717) is 5.70 Å². The highest BCUT2D eigenvalue weighted by atomic mass is 14.9. The van der Waals surface area contributed by atoms with Crippen LogP contribution in [0.4, 0.5) is 5.69 Å². The van der Waals surface area contributed by atoms with Crippen molar-refractivity contribution in [3.63, 3.8) is 0 Å². The summed E-state index contributed by atoms with van der Waals surface area (Å²) in [5.74, 6) is 2.79. The summed E-state index contributed by atoms with van der Waals surface area (Å²) in [6.07, 6.45) is 9.92. The summed E-state index contributed by atoms with van der Waals surface area (Å²) in [4.78, 5) is 4.81. The minimum absolute atomic E-state index is 0.551. The number of fused-ring (bicyclic) bond motifs is 3. The number of hydrogen-bond donors (Lipinski definition) is 1. The number of nitrogens with one attached hydrogen (secondary N) is 1. The van der Waals surface area contributed by atoms with Gasteiger partial charge in [-0.25, -0.2) is 4.99 Å². The van der Waals surface area contributed by atoms with Gasteiger partial charge in [0.2, 0.25) is 0 Å². The summed E-state index contributed by atoms with van der Waals surface area (Å²) in [6, 6.07) is 51.6. The van der Waals surface area contributed by atoms with Crippen LogP contribution in [0.2, 0.25) is 0 Å². The quantitative estimate of drug-likeness (QED) is 0.0834. The molecule has 0 aromatic heterocycles. The summed E-state index contributed by atoms with van der Waals surface area (Å²) in [5.41, 5.74) is 9.02. The largest absolute Gasteiger partial charge is 0.353 e. The number of terminal acetylenes is 1. The number of nitrogens with zero attached hydrogens (tertiary/aromatic N) is 1. The third kappa shape index (κ3) is 5.84. The molecule has 1 N–H and O–H groups in total. The highest BCUT2D eigenvalue weighted by Crippen LogP contribution is 2.44. The molecule has 7 rings (SSSR count). The fourth-order valence-electron chi connectivity index (χ4n) is 6.40. The van der Waals surface area contributed by atoms with Crippen molar-refractivity contribution in [1.82, 2.24) is 0 Å². The van der Waals surface area contributed by atoms with Crippen LogP contribution in [0.1, 0.15) is 19.4 Å². The first-order valence-corrected chi connectivity index (χ1v) is 15.9. The van der Waals surface area contributed by atoms with E-state index < -0.39 is 0 Å². The fourth-order valence-corrected chi connectivity index (χ4v) is 6.40. The van der Waals surface area contributed by atoms with Gasteiger partial charge in [-0.3, -0.25) is 0 Å². The summed E-state index contributed by atoms with van der Waals surface area (Å²) in [5, 5.41) is 10.9. The van der Waals surface area contributed by atoms with Crippen molar-refractivity contribution in [3.8, 4) is 34.6 Å². The van der Waals surface area contributed by atoms with Gasteiger partial charge in [0.1, 0.15) is 5.70 Å². The van der Waals surface area contributed by atoms with Gasteiger partial charge in [-0.15, -0.1) is 6.42 Å². The second kappa shape index (κ2) is 13.1. The highest BCUT2D eigenvalue weighted by Gasteiger charge is 2.17. The molecule has 2 nitrogen and oxygen atoms in total. The molecule has 7 aromatic rings. The van der Waals surface area contributed by atoms with E-state index in [0.717, 1.165) is 28.2 Å². The van der Waals surface area contributed by atoms with Crippen LogP contribution in [-0.2, 0) is 0 Å². The maximum Gasteiger partial charge on any atom is 0.136 e. The lowest BCUT2D eigenvalue weighted by molar-refractivity contribution is 1.32. The monoisotopic (exact) mass is 602 g/mol. The summed E-state index contributed by atoms with van der Waals surface area (Å²) in [7, 11) is 0. The van der Waals surface area contributed by atoms with Crippen LogP contribution >= 0.6 is 0 Å². The zero-order chi connectivity index (χ0) is 32.2. The highest BCUT2D eigenvalue weighted by molar-refractivity contribution is 6.21. The van der Waals surface area contributed by atoms with Crippen LogP contribution in [0.25, 0.3) is 54.6 Å². The van der Waals surface area contributed by atoms with Crippen LogP contribution in [0, 0.1) is 12.3 Å². The summed E-state index contributed by atoms with van der Waals surface area (Å²) < 4.78 is 0. The third-order valence-electron chi connectivity index (χ3n) is 8.62. The van der Waals surface area contributed by atoms with Gasteiger partial charge in [-0.1, -0.05) is 133 Å². The van der Waals surface area contributed by atoms with E-state index in [1.807, 2.05) is 56.3 Å². The Kier molecular flexibility index (Phi) is 8.20. The Hall–Kier alpha value is -6.17. The van der Waals surface area contributed by atoms with Crippen LogP contribution in [-0.4, -0.2) is 5.71 Å². The second-order valence-corrected chi connectivity index (χ2v) is 11.6. The molecule has 2 heteroatoms. The van der Waals surface area contributed by atoms with Gasteiger partial charge in [0, 0.05) is 11.4 Å². The number of allylic oxidation sites excluding steroid dienone is 3. The molecule has 0 saturated carbocycles. The van der Waals surface area contributed by atoms with Crippen LogP contribution in [0.5, 0.6) is 0 Å². The van der Waals surface area contributed by atoms with Gasteiger partial charge >= 0.3 is 0 Å². The molecule has 224 valence electrons. The third-order valence-corrected chi connectivity index (χ3v) is 8.62. The fraction of sp³-hybridized carbons (Fsp3) is 0.0444. The van der Waals surface area contributed by atoms with E-state index in [9.17, 15) is 0 Å². The molecule has 0 heterocycles. The van der Waals surface area contributed by atoms with Gasteiger partial charge in [0.05, 0.1) is 5.70 Å². The standard InChI is InChI=1S/C45H34N2/c1-4-15-43(42(5-2)46-31(3)32-16-7-6-8-17-32)47-37-28-26-34(27-29-37)44-38-20-11-13-22-40(38)45(41-23-14-12-21-39(41)44)36-25-24-33-18-9-10-19-35(33)30-36/h2,4,6-30,47H,1,3H3/b15-4-,43-42-,46-31?. The van der Waals surface area contributed by atoms with Crippen molar-refractivity contribution in [2.24, 2.45) is 4.99 Å². The first kappa shape index (κ1) is 29.5. The van der Waals surface area contributed by atoms with Gasteiger partial charge in [-0.2, -0.15) is 0 Å². The molecule has 0 radical (unpaired) electrons. The minimum Gasteiger partial charge on any atom is -0.353 e. The number of hydrogen-bond acceptors (Lipinski definition) is 2. The van der Waals surface area contributed by atoms with E-state index in [2.05, 4.69) is 126 Å². The van der Waals surface area contributed by atoms with E-state index in [4.69, 9.17) is 11.4 Å². The molecule has 7 aromatic carbocycles. The van der Waals surface area contributed by atoms with E-state index in [-0.39, 0.29) is 0 Å². The average Bonchev–Trinajstić information content (AvgIpc) is 3.13. The maximum atomic E-state index is 5.98. The Morgan fingerprint density at radius 1 is 0.617 bits per heavy atom. The number of benzene rings is 7. The molecule has 0 amide bonds. The van der Waals surface area contributed by atoms with Crippen LogP contribution in [0.15, 0.2) is 174 Å². The summed E-state index contributed by atoms with van der Waals surface area (Å²) in [6.45, 7) is 3.96. The molecule has 0 saturated heterocycles. The Labute approximate surface area is 276 Å². The molecule has 0 aliphatic heterocycles. The molecule has 0 fully saturated rings. The second-order valence-electron chi connectivity index (χ2n) is 11.6. The Morgan fingerprint density at radius 3 is 1.74 bits per heavy atom. The number of anilines is 1. The van der Waals surface area contributed by atoms with Crippen molar-refractivity contribution in [2.45, 2.75) is 13.8 Å². The predicted octanol–water partition coefficient (Wildman–Crippen LogP) is 11.8. The molecular weight excluding hydrogens is 569 g/mol. The van der Waals surface area contributed by atoms with E-state index >= 15 is 0 Å². The molecule has 0 spiro atoms. The van der Waals surface area contributed by atoms with Crippen molar-refractivity contribution in [3.05, 3.63) is 175 Å². The SMILES string of the molecule is C#C/C(N=C(C)c1ccccc1)=C(\C=C/C)Nc1ccc(-c2c3ccccc3c(-c3ccc4ccccc4c3)c3ccccc23)cc1. The molecule has 0 atom stereocenters. The maximum absolute atomic E-state index is 5.98. The zero-order valence-corrected chi connectivity index (χ0v) is 26.5. The predicted molar refractivity (Wildman–Crippen MR) is 203 cm³/mol. The van der Waals surface area contributed by atoms with Crippen LogP contribution < -0.4 is 5.32 Å².